The molecule has 1 heterocycles. The van der Waals surface area contributed by atoms with Gasteiger partial charge in [-0.1, -0.05) is 37.9 Å². The molecule has 0 aromatic carbocycles. The molecule has 6 heteroatoms. The van der Waals surface area contributed by atoms with E-state index in [9.17, 15) is 4.79 Å². The van der Waals surface area contributed by atoms with Crippen LogP contribution in [0.15, 0.2) is 16.6 Å². The number of aromatic nitrogens is 1. The van der Waals surface area contributed by atoms with Crippen LogP contribution in [-0.2, 0) is 4.79 Å². The minimum atomic E-state index is -0.728. The van der Waals surface area contributed by atoms with Crippen LogP contribution in [0.4, 0.5) is 5.82 Å². The summed E-state index contributed by atoms with van der Waals surface area (Å²) in [5, 5.41) is 2.89. The fourth-order valence-electron chi connectivity index (χ4n) is 2.77. The summed E-state index contributed by atoms with van der Waals surface area (Å²) >= 11 is 8.62. The number of hydrogen-bond donors (Lipinski definition) is 2. The van der Waals surface area contributed by atoms with Crippen molar-refractivity contribution in [2.24, 2.45) is 11.1 Å². The molecule has 0 radical (unpaired) electrons. The average Bonchev–Trinajstić information content (AvgIpc) is 2.69. The number of hydrogen-bond acceptors (Lipinski definition) is 3. The molecular weight excluding hydrogens is 350 g/mol. The van der Waals surface area contributed by atoms with Crippen LogP contribution in [0.2, 0.25) is 0 Å². The topological polar surface area (TPSA) is 68.0 Å². The minimum Gasteiger partial charge on any atom is -0.392 e. The Bertz CT molecular complexity index is 554. The van der Waals surface area contributed by atoms with Crippen LogP contribution in [0, 0.1) is 12.3 Å². The Morgan fingerprint density at radius 3 is 2.48 bits per heavy atom. The van der Waals surface area contributed by atoms with Crippen molar-refractivity contribution >= 4 is 44.9 Å². The fourth-order valence-corrected chi connectivity index (χ4v) is 3.28. The number of nitrogens with one attached hydrogen (secondary N) is 1. The molecule has 1 amide bonds. The molecule has 0 bridgehead atoms. The summed E-state index contributed by atoms with van der Waals surface area (Å²) < 4.78 is 0.916. The van der Waals surface area contributed by atoms with Crippen molar-refractivity contribution in [3.05, 3.63) is 22.3 Å². The van der Waals surface area contributed by atoms with Crippen molar-refractivity contribution in [2.75, 3.05) is 5.32 Å². The highest BCUT2D eigenvalue weighted by Crippen LogP contribution is 2.36. The van der Waals surface area contributed by atoms with E-state index in [0.29, 0.717) is 10.8 Å². The van der Waals surface area contributed by atoms with Crippen LogP contribution in [0.5, 0.6) is 0 Å². The second kappa shape index (κ2) is 6.83. The van der Waals surface area contributed by atoms with Crippen molar-refractivity contribution in [3.63, 3.8) is 0 Å². The maximum absolute atomic E-state index is 12.7. The second-order valence-electron chi connectivity index (χ2n) is 5.58. The molecule has 0 aliphatic heterocycles. The van der Waals surface area contributed by atoms with E-state index in [4.69, 9.17) is 18.0 Å². The first-order chi connectivity index (χ1) is 9.95. The number of rotatable bonds is 3. The highest BCUT2D eigenvalue weighted by molar-refractivity contribution is 9.10. The molecule has 1 fully saturated rings. The van der Waals surface area contributed by atoms with E-state index in [0.717, 1.165) is 48.7 Å². The summed E-state index contributed by atoms with van der Waals surface area (Å²) in [6.07, 6.45) is 5.68. The standard InChI is InChI=1S/C15H20BrN3OS/c1-10-11(16)6-7-12(18-10)19-14(20)15(13(17)21)8-4-2-3-5-9-15/h6-7H,2-5,8-9H2,1H3,(H2,17,21)(H,18,19,20). The van der Waals surface area contributed by atoms with Crippen LogP contribution in [-0.4, -0.2) is 15.9 Å². The van der Waals surface area contributed by atoms with E-state index in [1.54, 1.807) is 6.07 Å². The van der Waals surface area contributed by atoms with Crippen molar-refractivity contribution in [3.8, 4) is 0 Å². The predicted molar refractivity (Wildman–Crippen MR) is 92.2 cm³/mol. The van der Waals surface area contributed by atoms with Gasteiger partial charge in [0.1, 0.15) is 5.82 Å². The molecule has 1 aromatic rings. The van der Waals surface area contributed by atoms with Gasteiger partial charge in [0.05, 0.1) is 16.1 Å². The number of nitrogens with zero attached hydrogens (tertiary/aromatic N) is 1. The molecule has 114 valence electrons. The zero-order chi connectivity index (χ0) is 15.5. The lowest BCUT2D eigenvalue weighted by Crippen LogP contribution is -2.45. The number of pyridine rings is 1. The first-order valence-electron chi connectivity index (χ1n) is 7.20. The number of aryl methyl sites for hydroxylation is 1. The van der Waals surface area contributed by atoms with Gasteiger partial charge < -0.3 is 11.1 Å². The van der Waals surface area contributed by atoms with Gasteiger partial charge in [-0.05, 0) is 47.8 Å². The van der Waals surface area contributed by atoms with Gasteiger partial charge in [-0.3, -0.25) is 4.79 Å². The zero-order valence-electron chi connectivity index (χ0n) is 12.1. The number of carbonyl (C=O) groups is 1. The van der Waals surface area contributed by atoms with Gasteiger partial charge in [-0.25, -0.2) is 4.98 Å². The van der Waals surface area contributed by atoms with Gasteiger partial charge in [0.25, 0.3) is 0 Å². The third-order valence-electron chi connectivity index (χ3n) is 4.13. The molecule has 1 saturated carbocycles. The van der Waals surface area contributed by atoms with Gasteiger partial charge >= 0.3 is 0 Å². The number of carbonyl (C=O) groups excluding carboxylic acids is 1. The van der Waals surface area contributed by atoms with E-state index in [1.807, 2.05) is 13.0 Å². The number of halogens is 1. The third kappa shape index (κ3) is 3.61. The van der Waals surface area contributed by atoms with E-state index < -0.39 is 5.41 Å². The largest absolute Gasteiger partial charge is 0.392 e. The summed E-state index contributed by atoms with van der Waals surface area (Å²) in [5.41, 5.74) is 6.03. The van der Waals surface area contributed by atoms with Crippen molar-refractivity contribution in [1.82, 2.24) is 4.98 Å². The average molecular weight is 370 g/mol. The van der Waals surface area contributed by atoms with Crippen LogP contribution >= 0.6 is 28.1 Å². The third-order valence-corrected chi connectivity index (χ3v) is 5.36. The Kier molecular flexibility index (Phi) is 5.32. The van der Waals surface area contributed by atoms with Gasteiger partial charge in [-0.2, -0.15) is 0 Å². The fraction of sp³-hybridized carbons (Fsp3) is 0.533. The number of nitrogens with two attached hydrogens (primary N) is 1. The molecule has 4 nitrogen and oxygen atoms in total. The Balaban J connectivity index is 2.22. The van der Waals surface area contributed by atoms with E-state index in [2.05, 4.69) is 26.2 Å². The SMILES string of the molecule is Cc1nc(NC(=O)C2(C(N)=S)CCCCCC2)ccc1Br. The molecule has 21 heavy (non-hydrogen) atoms. The molecule has 0 unspecified atom stereocenters. The van der Waals surface area contributed by atoms with Gasteiger partial charge in [-0.15, -0.1) is 0 Å². The monoisotopic (exact) mass is 369 g/mol. The molecule has 1 aliphatic carbocycles. The lowest BCUT2D eigenvalue weighted by Gasteiger charge is -2.30. The van der Waals surface area contributed by atoms with E-state index in [1.165, 1.54) is 0 Å². The van der Waals surface area contributed by atoms with Crippen molar-refractivity contribution in [1.29, 1.82) is 0 Å². The Morgan fingerprint density at radius 1 is 1.33 bits per heavy atom. The highest BCUT2D eigenvalue weighted by Gasteiger charge is 2.41. The van der Waals surface area contributed by atoms with Crippen LogP contribution in [0.3, 0.4) is 0 Å². The maximum atomic E-state index is 12.7. The van der Waals surface area contributed by atoms with Crippen LogP contribution in [0.25, 0.3) is 0 Å². The first kappa shape index (κ1) is 16.4. The lowest BCUT2D eigenvalue weighted by atomic mass is 9.79. The van der Waals surface area contributed by atoms with E-state index in [-0.39, 0.29) is 5.91 Å². The molecule has 0 saturated heterocycles. The summed E-state index contributed by atoms with van der Waals surface area (Å²) in [7, 11) is 0. The number of thiocarbonyl (C=S) groups is 1. The quantitative estimate of drug-likeness (QED) is 0.629. The summed E-state index contributed by atoms with van der Waals surface area (Å²) in [4.78, 5) is 17.4. The molecule has 2 rings (SSSR count). The molecular formula is C15H20BrN3OS. The van der Waals surface area contributed by atoms with Crippen molar-refractivity contribution in [2.45, 2.75) is 45.4 Å². The summed E-state index contributed by atoms with van der Waals surface area (Å²) in [6.45, 7) is 1.88. The molecule has 1 aliphatic rings. The molecule has 1 aromatic heterocycles. The van der Waals surface area contributed by atoms with Crippen molar-refractivity contribution < 1.29 is 4.79 Å². The Labute approximate surface area is 139 Å². The van der Waals surface area contributed by atoms with E-state index >= 15 is 0 Å². The summed E-state index contributed by atoms with van der Waals surface area (Å²) in [5.74, 6) is 0.423. The molecule has 0 spiro atoms. The normalized spacial score (nSPS) is 17.8. The lowest BCUT2D eigenvalue weighted by molar-refractivity contribution is -0.122. The Morgan fingerprint density at radius 2 is 1.95 bits per heavy atom. The Hall–Kier alpha value is -1.01. The first-order valence-corrected chi connectivity index (χ1v) is 8.40. The molecule has 0 atom stereocenters. The number of amides is 1. The number of anilines is 1. The molecule has 3 N–H and O–H groups in total. The second-order valence-corrected chi connectivity index (χ2v) is 6.87. The van der Waals surface area contributed by atoms with Crippen LogP contribution in [0.1, 0.15) is 44.2 Å². The van der Waals surface area contributed by atoms with Gasteiger partial charge in [0.15, 0.2) is 0 Å². The predicted octanol–water partition coefficient (Wildman–Crippen LogP) is 3.72. The minimum absolute atomic E-state index is 0.119. The van der Waals surface area contributed by atoms with Crippen LogP contribution < -0.4 is 11.1 Å². The summed E-state index contributed by atoms with van der Waals surface area (Å²) in [6, 6.07) is 3.65. The van der Waals surface area contributed by atoms with Gasteiger partial charge in [0, 0.05) is 4.47 Å². The highest BCUT2D eigenvalue weighted by atomic mass is 79.9. The maximum Gasteiger partial charge on any atom is 0.238 e. The van der Waals surface area contributed by atoms with Gasteiger partial charge in [0.2, 0.25) is 5.91 Å². The zero-order valence-corrected chi connectivity index (χ0v) is 14.5. The smallest absolute Gasteiger partial charge is 0.238 e.